The van der Waals surface area contributed by atoms with E-state index in [2.05, 4.69) is 12.4 Å². The van der Waals surface area contributed by atoms with Crippen LogP contribution >= 0.6 is 0 Å². The van der Waals surface area contributed by atoms with Crippen LogP contribution < -0.4 is 24.7 Å². The number of carbonyl (C=O) groups excluding carboxylic acids is 2. The van der Waals surface area contributed by atoms with Gasteiger partial charge in [0.25, 0.3) is 0 Å². The summed E-state index contributed by atoms with van der Waals surface area (Å²) in [6.07, 6.45) is 2.00. The quantitative estimate of drug-likeness (QED) is 0.206. The minimum absolute atomic E-state index is 0.103. The number of aromatic hydroxyl groups is 1. The Bertz CT molecular complexity index is 1650. The standard InChI is InChI=1S/C33H40N4O8S/c1-3-17-46(41,42)45-28-13-9-25(10-14-28)35-33(40)36(32(39)29(34)18-23-6-11-27(38)12-7-23)26-5-4-16-37(2,21-26)20-24-8-15-30-31(19-24)44-22-43-30/h6-15,19,26,29H,3-5,16-18,20-22,34H2,1-2H3,(H-,35,38,40)/p+1/t26-,29-,37?/m0/s1. The molecule has 2 aliphatic heterocycles. The molecule has 0 bridgehead atoms. The molecular formula is C33H41N4O8S+. The van der Waals surface area contributed by atoms with E-state index >= 15 is 0 Å². The van der Waals surface area contributed by atoms with Gasteiger partial charge in [0.1, 0.15) is 24.6 Å². The largest absolute Gasteiger partial charge is 0.508 e. The fourth-order valence-electron chi connectivity index (χ4n) is 6.05. The zero-order valence-corrected chi connectivity index (χ0v) is 26.9. The van der Waals surface area contributed by atoms with Gasteiger partial charge in [0, 0.05) is 11.3 Å². The molecule has 246 valence electrons. The zero-order chi connectivity index (χ0) is 32.9. The molecule has 5 rings (SSSR count). The fourth-order valence-corrected chi connectivity index (χ4v) is 7.04. The van der Waals surface area contributed by atoms with Crippen molar-refractivity contribution in [2.24, 2.45) is 5.73 Å². The lowest BCUT2D eigenvalue weighted by molar-refractivity contribution is -0.928. The van der Waals surface area contributed by atoms with Crippen molar-refractivity contribution < 1.29 is 41.3 Å². The van der Waals surface area contributed by atoms with E-state index in [9.17, 15) is 23.1 Å². The Morgan fingerprint density at radius 3 is 2.48 bits per heavy atom. The van der Waals surface area contributed by atoms with Gasteiger partial charge >= 0.3 is 16.1 Å². The molecule has 0 aliphatic carbocycles. The number of piperidine rings is 1. The summed E-state index contributed by atoms with van der Waals surface area (Å²) in [6.45, 7) is 3.97. The van der Waals surface area contributed by atoms with Crippen LogP contribution in [0.15, 0.2) is 66.7 Å². The van der Waals surface area contributed by atoms with Crippen molar-refractivity contribution in [3.8, 4) is 23.0 Å². The Hall–Kier alpha value is -4.33. The first-order chi connectivity index (χ1) is 21.9. The molecule has 46 heavy (non-hydrogen) atoms. The molecule has 0 spiro atoms. The van der Waals surface area contributed by atoms with Gasteiger partial charge in [-0.3, -0.25) is 9.69 Å². The second-order valence-electron chi connectivity index (χ2n) is 12.2. The van der Waals surface area contributed by atoms with E-state index < -0.39 is 34.1 Å². The number of urea groups is 1. The number of carbonyl (C=O) groups is 2. The number of anilines is 1. The van der Waals surface area contributed by atoms with Gasteiger partial charge in [-0.25, -0.2) is 4.79 Å². The highest BCUT2D eigenvalue weighted by Gasteiger charge is 2.41. The van der Waals surface area contributed by atoms with Crippen LogP contribution in [0.25, 0.3) is 0 Å². The van der Waals surface area contributed by atoms with Crippen LogP contribution in [0.2, 0.25) is 0 Å². The van der Waals surface area contributed by atoms with Gasteiger partial charge in [-0.2, -0.15) is 8.42 Å². The number of likely N-dealkylation sites (tertiary alicyclic amines) is 1. The van der Waals surface area contributed by atoms with Crippen molar-refractivity contribution in [2.75, 3.05) is 38.0 Å². The maximum absolute atomic E-state index is 14.0. The number of nitrogens with two attached hydrogens (primary N) is 1. The summed E-state index contributed by atoms with van der Waals surface area (Å²) in [5.41, 5.74) is 8.61. The number of likely N-dealkylation sites (N-methyl/N-ethyl adjacent to an activating group) is 1. The van der Waals surface area contributed by atoms with Gasteiger partial charge in [0.2, 0.25) is 12.7 Å². The maximum atomic E-state index is 14.0. The number of nitrogens with one attached hydrogen (secondary N) is 1. The molecule has 3 aromatic rings. The van der Waals surface area contributed by atoms with Gasteiger partial charge < -0.3 is 34.3 Å². The number of hydrogen-bond donors (Lipinski definition) is 3. The molecule has 1 fully saturated rings. The Morgan fingerprint density at radius 2 is 1.76 bits per heavy atom. The second-order valence-corrected chi connectivity index (χ2v) is 13.8. The van der Waals surface area contributed by atoms with Gasteiger partial charge in [0.05, 0.1) is 31.4 Å². The highest BCUT2D eigenvalue weighted by Crippen LogP contribution is 2.34. The van der Waals surface area contributed by atoms with E-state index in [0.29, 0.717) is 47.6 Å². The third kappa shape index (κ3) is 8.27. The number of phenolic OH excluding ortho intramolecular Hbond substituents is 1. The predicted octanol–water partition coefficient (Wildman–Crippen LogP) is 3.98. The number of imide groups is 1. The van der Waals surface area contributed by atoms with Crippen LogP contribution in [0, 0.1) is 0 Å². The molecule has 0 saturated carbocycles. The third-order valence-electron chi connectivity index (χ3n) is 8.20. The van der Waals surface area contributed by atoms with Crippen molar-refractivity contribution in [3.05, 3.63) is 77.9 Å². The monoisotopic (exact) mass is 653 g/mol. The number of amides is 3. The van der Waals surface area contributed by atoms with Crippen molar-refractivity contribution in [1.29, 1.82) is 0 Å². The lowest BCUT2D eigenvalue weighted by atomic mass is 9.98. The van der Waals surface area contributed by atoms with Crippen molar-refractivity contribution >= 4 is 27.7 Å². The number of ether oxygens (including phenoxy) is 2. The summed E-state index contributed by atoms with van der Waals surface area (Å²) in [5.74, 6) is 1.01. The summed E-state index contributed by atoms with van der Waals surface area (Å²) in [5, 5.41) is 12.5. The first-order valence-electron chi connectivity index (χ1n) is 15.4. The van der Waals surface area contributed by atoms with Gasteiger partial charge in [-0.1, -0.05) is 19.1 Å². The average Bonchev–Trinajstić information content (AvgIpc) is 3.47. The molecule has 13 heteroatoms. The molecule has 0 aromatic heterocycles. The summed E-state index contributed by atoms with van der Waals surface area (Å²) in [4.78, 5) is 29.1. The topological polar surface area (TPSA) is 157 Å². The van der Waals surface area contributed by atoms with Crippen LogP contribution in [0.3, 0.4) is 0 Å². The van der Waals surface area contributed by atoms with E-state index in [-0.39, 0.29) is 30.5 Å². The van der Waals surface area contributed by atoms with Crippen LogP contribution in [0.4, 0.5) is 10.5 Å². The first kappa shape index (κ1) is 33.0. The normalized spacial score (nSPS) is 19.7. The summed E-state index contributed by atoms with van der Waals surface area (Å²) in [6, 6.07) is 16.2. The van der Waals surface area contributed by atoms with E-state index in [1.165, 1.54) is 41.3 Å². The minimum Gasteiger partial charge on any atom is -0.508 e. The van der Waals surface area contributed by atoms with Crippen LogP contribution in [-0.2, 0) is 27.9 Å². The Labute approximate surface area is 269 Å². The zero-order valence-electron chi connectivity index (χ0n) is 26.1. The second kappa shape index (κ2) is 14.0. The summed E-state index contributed by atoms with van der Waals surface area (Å²) in [7, 11) is -1.61. The van der Waals surface area contributed by atoms with Crippen LogP contribution in [-0.4, -0.2) is 79.6 Å². The highest BCUT2D eigenvalue weighted by molar-refractivity contribution is 7.87. The average molecular weight is 654 g/mol. The smallest absolute Gasteiger partial charge is 0.329 e. The molecule has 1 saturated heterocycles. The fraction of sp³-hybridized carbons (Fsp3) is 0.394. The molecular weight excluding hydrogens is 612 g/mol. The Morgan fingerprint density at radius 1 is 1.07 bits per heavy atom. The predicted molar refractivity (Wildman–Crippen MR) is 172 cm³/mol. The number of quaternary nitrogens is 1. The number of rotatable bonds is 11. The van der Waals surface area contributed by atoms with Gasteiger partial charge in [-0.05, 0) is 85.8 Å². The first-order valence-corrected chi connectivity index (χ1v) is 16.9. The molecule has 3 atom stereocenters. The summed E-state index contributed by atoms with van der Waals surface area (Å²) >= 11 is 0. The number of phenols is 1. The lowest BCUT2D eigenvalue weighted by Gasteiger charge is -2.44. The molecule has 0 radical (unpaired) electrons. The number of nitrogens with zero attached hydrogens (tertiary/aromatic N) is 2. The highest BCUT2D eigenvalue weighted by atomic mass is 32.2. The molecule has 3 aromatic carbocycles. The molecule has 1 unspecified atom stereocenters. The SMILES string of the molecule is CCCS(=O)(=O)Oc1ccc(NC(=O)N(C(=O)[C@@H](N)Cc2ccc(O)cc2)[C@H]2CCC[N+](C)(Cc3ccc4c(c3)OCO4)C2)cc1. The molecule has 4 N–H and O–H groups in total. The van der Waals surface area contributed by atoms with Crippen molar-refractivity contribution in [3.63, 3.8) is 0 Å². The van der Waals surface area contributed by atoms with Gasteiger partial charge in [-0.15, -0.1) is 0 Å². The Kier molecular flexibility index (Phi) is 10.0. The van der Waals surface area contributed by atoms with E-state index in [4.69, 9.17) is 19.4 Å². The minimum atomic E-state index is -3.72. The third-order valence-corrected chi connectivity index (χ3v) is 9.56. The van der Waals surface area contributed by atoms with Gasteiger partial charge in [0.15, 0.2) is 11.5 Å². The van der Waals surface area contributed by atoms with Crippen molar-refractivity contribution in [2.45, 2.75) is 51.2 Å². The van der Waals surface area contributed by atoms with Crippen LogP contribution in [0.5, 0.6) is 23.0 Å². The van der Waals surface area contributed by atoms with E-state index in [1.807, 2.05) is 18.2 Å². The maximum Gasteiger partial charge on any atom is 0.329 e. The van der Waals surface area contributed by atoms with E-state index in [0.717, 1.165) is 24.1 Å². The van der Waals surface area contributed by atoms with Crippen LogP contribution in [0.1, 0.15) is 37.3 Å². The molecule has 12 nitrogen and oxygen atoms in total. The molecule has 3 amide bonds. The lowest BCUT2D eigenvalue weighted by Crippen LogP contribution is -2.62. The number of benzene rings is 3. The molecule has 2 aliphatic rings. The number of hydrogen-bond acceptors (Lipinski definition) is 9. The summed E-state index contributed by atoms with van der Waals surface area (Å²) < 4.78 is 40.8. The van der Waals surface area contributed by atoms with E-state index in [1.54, 1.807) is 19.1 Å². The number of fused-ring (bicyclic) bond motifs is 1. The molecule has 2 heterocycles. The Balaban J connectivity index is 1.35. The van der Waals surface area contributed by atoms with Crippen molar-refractivity contribution in [1.82, 2.24) is 4.90 Å².